The molecule has 3 rings (SSSR count). The lowest BCUT2D eigenvalue weighted by Gasteiger charge is -2.14. The van der Waals surface area contributed by atoms with Crippen molar-refractivity contribution in [1.82, 2.24) is 19.7 Å². The van der Waals surface area contributed by atoms with Crippen LogP contribution in [0.5, 0.6) is 0 Å². The number of nitrogens with zero attached hydrogens (tertiary/aromatic N) is 3. The fraction of sp³-hybridized carbons (Fsp3) is 0.474. The zero-order valence-corrected chi connectivity index (χ0v) is 18.3. The van der Waals surface area contributed by atoms with E-state index < -0.39 is 0 Å². The molecule has 0 spiro atoms. The molecule has 3 heterocycles. The molecule has 150 valence electrons. The van der Waals surface area contributed by atoms with Crippen molar-refractivity contribution in [1.29, 1.82) is 0 Å². The topological polar surface area (TPSA) is 92.7 Å². The number of amides is 1. The molecule has 0 aromatic carbocycles. The van der Waals surface area contributed by atoms with Gasteiger partial charge in [0.2, 0.25) is 5.91 Å². The lowest BCUT2D eigenvalue weighted by Crippen LogP contribution is -2.25. The number of fused-ring (bicyclic) bond motifs is 1. The van der Waals surface area contributed by atoms with Crippen molar-refractivity contribution in [2.45, 2.75) is 52.2 Å². The molecule has 0 aliphatic rings. The van der Waals surface area contributed by atoms with E-state index in [1.807, 2.05) is 20.8 Å². The SMILES string of the molecule is Cc1sc2nc(CSC(C)C(=O)Nc3ccnn3CC(C)C)[nH]c(=O)c2c1C. The average Bonchev–Trinajstić information content (AvgIpc) is 3.16. The van der Waals surface area contributed by atoms with Crippen LogP contribution in [0.4, 0.5) is 5.82 Å². The van der Waals surface area contributed by atoms with Gasteiger partial charge in [0.25, 0.3) is 5.56 Å². The number of aromatic nitrogens is 4. The van der Waals surface area contributed by atoms with Gasteiger partial charge in [0.05, 0.1) is 22.6 Å². The predicted octanol–water partition coefficient (Wildman–Crippen LogP) is 3.71. The Hall–Kier alpha value is -2.13. The first-order chi connectivity index (χ1) is 13.3. The zero-order chi connectivity index (χ0) is 20.4. The first kappa shape index (κ1) is 20.6. The molecule has 3 aromatic rings. The van der Waals surface area contributed by atoms with Crippen molar-refractivity contribution in [2.24, 2.45) is 5.92 Å². The number of thiophene rings is 1. The maximum atomic E-state index is 12.5. The molecule has 0 radical (unpaired) electrons. The van der Waals surface area contributed by atoms with Crippen molar-refractivity contribution in [2.75, 3.05) is 5.32 Å². The number of H-pyrrole nitrogens is 1. The Labute approximate surface area is 172 Å². The highest BCUT2D eigenvalue weighted by molar-refractivity contribution is 7.99. The van der Waals surface area contributed by atoms with E-state index in [4.69, 9.17) is 0 Å². The summed E-state index contributed by atoms with van der Waals surface area (Å²) in [6.45, 7) is 10.7. The second-order valence-electron chi connectivity index (χ2n) is 7.21. The molecule has 1 amide bonds. The zero-order valence-electron chi connectivity index (χ0n) is 16.7. The summed E-state index contributed by atoms with van der Waals surface area (Å²) >= 11 is 2.97. The summed E-state index contributed by atoms with van der Waals surface area (Å²) in [6, 6.07) is 1.80. The van der Waals surface area contributed by atoms with Gasteiger partial charge in [-0.15, -0.1) is 23.1 Å². The molecule has 0 aliphatic heterocycles. The number of aromatic amines is 1. The maximum Gasteiger partial charge on any atom is 0.259 e. The molecular weight excluding hydrogens is 394 g/mol. The quantitative estimate of drug-likeness (QED) is 0.609. The third-order valence-electron chi connectivity index (χ3n) is 4.43. The van der Waals surface area contributed by atoms with Crippen LogP contribution >= 0.6 is 23.1 Å². The van der Waals surface area contributed by atoms with E-state index in [2.05, 4.69) is 34.2 Å². The van der Waals surface area contributed by atoms with Gasteiger partial charge in [-0.25, -0.2) is 9.67 Å². The van der Waals surface area contributed by atoms with E-state index in [-0.39, 0.29) is 16.7 Å². The number of carbonyl (C=O) groups is 1. The van der Waals surface area contributed by atoms with Gasteiger partial charge in [0.15, 0.2) is 0 Å². The Kier molecular flexibility index (Phi) is 6.24. The minimum absolute atomic E-state index is 0.0956. The normalized spacial score (nSPS) is 12.6. The largest absolute Gasteiger partial charge is 0.310 e. The second-order valence-corrected chi connectivity index (χ2v) is 9.74. The number of rotatable bonds is 7. The first-order valence-corrected chi connectivity index (χ1v) is 11.1. The summed E-state index contributed by atoms with van der Waals surface area (Å²) in [6.07, 6.45) is 1.69. The van der Waals surface area contributed by atoms with Crippen LogP contribution in [0.25, 0.3) is 10.2 Å². The summed E-state index contributed by atoms with van der Waals surface area (Å²) in [4.78, 5) is 34.2. The molecule has 0 fully saturated rings. The van der Waals surface area contributed by atoms with Crippen LogP contribution in [0, 0.1) is 19.8 Å². The smallest absolute Gasteiger partial charge is 0.259 e. The predicted molar refractivity (Wildman–Crippen MR) is 116 cm³/mol. The van der Waals surface area contributed by atoms with Gasteiger partial charge in [-0.3, -0.25) is 9.59 Å². The molecule has 2 N–H and O–H groups in total. The molecule has 7 nitrogen and oxygen atoms in total. The van der Waals surface area contributed by atoms with Crippen molar-refractivity contribution in [3.63, 3.8) is 0 Å². The monoisotopic (exact) mass is 419 g/mol. The Morgan fingerprint density at radius 3 is 2.82 bits per heavy atom. The molecule has 3 aromatic heterocycles. The fourth-order valence-corrected chi connectivity index (χ4v) is 4.61. The average molecular weight is 420 g/mol. The third kappa shape index (κ3) is 4.47. The molecule has 0 saturated heterocycles. The fourth-order valence-electron chi connectivity index (χ4n) is 2.81. The van der Waals surface area contributed by atoms with Crippen molar-refractivity contribution >= 4 is 45.0 Å². The number of thioether (sulfide) groups is 1. The van der Waals surface area contributed by atoms with Crippen LogP contribution in [0.2, 0.25) is 0 Å². The van der Waals surface area contributed by atoms with Crippen LogP contribution in [0.15, 0.2) is 17.1 Å². The Balaban J connectivity index is 1.65. The summed E-state index contributed by atoms with van der Waals surface area (Å²) < 4.78 is 1.80. The summed E-state index contributed by atoms with van der Waals surface area (Å²) in [5.74, 6) is 2.09. The molecule has 9 heteroatoms. The molecule has 1 atom stereocenters. The lowest BCUT2D eigenvalue weighted by atomic mass is 10.2. The number of carbonyl (C=O) groups excluding carboxylic acids is 1. The van der Waals surface area contributed by atoms with Crippen molar-refractivity contribution in [3.8, 4) is 0 Å². The van der Waals surface area contributed by atoms with E-state index >= 15 is 0 Å². The second kappa shape index (κ2) is 8.48. The van der Waals surface area contributed by atoms with E-state index in [0.717, 1.165) is 21.8 Å². The molecular formula is C19H25N5O2S2. The maximum absolute atomic E-state index is 12.5. The van der Waals surface area contributed by atoms with Gasteiger partial charge in [-0.2, -0.15) is 5.10 Å². The molecule has 28 heavy (non-hydrogen) atoms. The standard InChI is InChI=1S/C19H25N5O2S2/c1-10(2)8-24-15(6-7-20-24)23-17(25)13(5)27-9-14-21-18(26)16-11(3)12(4)28-19(16)22-14/h6-7,10,13H,8-9H2,1-5H3,(H,23,25)(H,21,22,26). The number of nitrogens with one attached hydrogen (secondary N) is 2. The van der Waals surface area contributed by atoms with Gasteiger partial charge in [0.1, 0.15) is 16.5 Å². The van der Waals surface area contributed by atoms with E-state index in [1.54, 1.807) is 16.9 Å². The molecule has 0 aliphatic carbocycles. The number of hydrogen-bond acceptors (Lipinski definition) is 6. The van der Waals surface area contributed by atoms with Gasteiger partial charge in [0, 0.05) is 17.5 Å². The van der Waals surface area contributed by atoms with Gasteiger partial charge in [-0.1, -0.05) is 13.8 Å². The van der Waals surface area contributed by atoms with Crippen LogP contribution in [-0.4, -0.2) is 30.9 Å². The van der Waals surface area contributed by atoms with Crippen LogP contribution in [-0.2, 0) is 17.1 Å². The van der Waals surface area contributed by atoms with Gasteiger partial charge in [-0.05, 0) is 32.3 Å². The first-order valence-electron chi connectivity index (χ1n) is 9.19. The Bertz CT molecular complexity index is 1050. The molecule has 0 bridgehead atoms. The van der Waals surface area contributed by atoms with Crippen LogP contribution in [0.1, 0.15) is 37.0 Å². The van der Waals surface area contributed by atoms with Crippen molar-refractivity contribution in [3.05, 3.63) is 38.9 Å². The highest BCUT2D eigenvalue weighted by Crippen LogP contribution is 2.26. The molecule has 1 unspecified atom stereocenters. The summed E-state index contributed by atoms with van der Waals surface area (Å²) in [5, 5.41) is 7.56. The highest BCUT2D eigenvalue weighted by Gasteiger charge is 2.17. The highest BCUT2D eigenvalue weighted by atomic mass is 32.2. The van der Waals surface area contributed by atoms with E-state index in [9.17, 15) is 9.59 Å². The summed E-state index contributed by atoms with van der Waals surface area (Å²) in [5.41, 5.74) is 0.871. The van der Waals surface area contributed by atoms with Crippen LogP contribution in [0.3, 0.4) is 0 Å². The lowest BCUT2D eigenvalue weighted by molar-refractivity contribution is -0.115. The van der Waals surface area contributed by atoms with Crippen LogP contribution < -0.4 is 10.9 Å². The minimum Gasteiger partial charge on any atom is -0.310 e. The molecule has 0 saturated carbocycles. The summed E-state index contributed by atoms with van der Waals surface area (Å²) in [7, 11) is 0. The van der Waals surface area contributed by atoms with Gasteiger partial charge < -0.3 is 10.3 Å². The van der Waals surface area contributed by atoms with Crippen molar-refractivity contribution < 1.29 is 4.79 Å². The number of anilines is 1. The third-order valence-corrected chi connectivity index (χ3v) is 6.69. The minimum atomic E-state index is -0.296. The van der Waals surface area contributed by atoms with E-state index in [1.165, 1.54) is 23.1 Å². The van der Waals surface area contributed by atoms with E-state index in [0.29, 0.717) is 28.7 Å². The van der Waals surface area contributed by atoms with Gasteiger partial charge >= 0.3 is 0 Å². The number of hydrogen-bond donors (Lipinski definition) is 2. The Morgan fingerprint density at radius 1 is 1.36 bits per heavy atom. The Morgan fingerprint density at radius 2 is 2.11 bits per heavy atom. The number of aryl methyl sites for hydroxylation is 2.